The largest absolute Gasteiger partial charge is 0.495 e. The van der Waals surface area contributed by atoms with Crippen molar-refractivity contribution >= 4 is 26.0 Å². The quantitative estimate of drug-likeness (QED) is 0.849. The van der Waals surface area contributed by atoms with Gasteiger partial charge in [0.25, 0.3) is 0 Å². The number of hydrogen-bond donors (Lipinski definition) is 1. The number of hydrogen-bond acceptors (Lipinski definition) is 3. The third-order valence-corrected chi connectivity index (χ3v) is 5.94. The second kappa shape index (κ2) is 5.31. The van der Waals surface area contributed by atoms with Gasteiger partial charge in [-0.05, 0) is 55.7 Å². The van der Waals surface area contributed by atoms with E-state index in [1.54, 1.807) is 18.2 Å². The maximum absolute atomic E-state index is 12.6. The first kappa shape index (κ1) is 14.4. The van der Waals surface area contributed by atoms with Gasteiger partial charge < -0.3 is 4.74 Å². The lowest BCUT2D eigenvalue weighted by Gasteiger charge is -2.19. The maximum Gasteiger partial charge on any atom is 0.244 e. The van der Waals surface area contributed by atoms with Crippen LogP contribution >= 0.6 is 15.9 Å². The molecule has 0 aromatic heterocycles. The highest BCUT2D eigenvalue weighted by Gasteiger charge is 2.43. The van der Waals surface area contributed by atoms with Gasteiger partial charge in [0.15, 0.2) is 0 Å². The minimum absolute atomic E-state index is 0.101. The number of ether oxygens (including phenoxy) is 1. The van der Waals surface area contributed by atoms with E-state index in [0.717, 1.165) is 30.2 Å². The van der Waals surface area contributed by atoms with E-state index in [4.69, 9.17) is 4.74 Å². The highest BCUT2D eigenvalue weighted by atomic mass is 79.9. The molecule has 1 N–H and O–H groups in total. The Balaban J connectivity index is 1.88. The average molecular weight is 360 g/mol. The summed E-state index contributed by atoms with van der Waals surface area (Å²) in [5, 5.41) is 0. The monoisotopic (exact) mass is 359 g/mol. The van der Waals surface area contributed by atoms with Crippen LogP contribution in [0.3, 0.4) is 0 Å². The Labute approximate surface area is 128 Å². The molecule has 0 bridgehead atoms. The number of sulfonamides is 1. The third kappa shape index (κ3) is 3.02. The van der Waals surface area contributed by atoms with Crippen molar-refractivity contribution in [1.82, 2.24) is 4.72 Å². The first-order chi connectivity index (χ1) is 9.51. The van der Waals surface area contributed by atoms with Crippen molar-refractivity contribution in [3.05, 3.63) is 22.7 Å². The summed E-state index contributed by atoms with van der Waals surface area (Å²) in [6, 6.07) is 5.14. The summed E-state index contributed by atoms with van der Waals surface area (Å²) in [6.45, 7) is 0. The van der Waals surface area contributed by atoms with Crippen molar-refractivity contribution in [2.75, 3.05) is 7.11 Å². The molecule has 4 nitrogen and oxygen atoms in total. The number of rotatable bonds is 6. The molecule has 2 aliphatic carbocycles. The van der Waals surface area contributed by atoms with Gasteiger partial charge >= 0.3 is 0 Å². The van der Waals surface area contributed by atoms with Crippen LogP contribution in [-0.2, 0) is 10.0 Å². The topological polar surface area (TPSA) is 55.4 Å². The zero-order chi connectivity index (χ0) is 14.3. The Bertz CT molecular complexity index is 597. The standard InChI is InChI=1S/C14H18BrNO3S/c1-19-12-7-6-11(15)8-13(12)20(17,18)16-14(9-2-3-9)10-4-5-10/h6-10,14,16H,2-5H2,1H3. The summed E-state index contributed by atoms with van der Waals surface area (Å²) in [5.74, 6) is 1.43. The molecular weight excluding hydrogens is 342 g/mol. The van der Waals surface area contributed by atoms with Crippen molar-refractivity contribution in [3.8, 4) is 5.75 Å². The predicted octanol–water partition coefficient (Wildman–Crippen LogP) is 2.92. The van der Waals surface area contributed by atoms with Gasteiger partial charge in [-0.25, -0.2) is 13.1 Å². The van der Waals surface area contributed by atoms with E-state index in [0.29, 0.717) is 17.6 Å². The molecule has 0 radical (unpaired) electrons. The summed E-state index contributed by atoms with van der Waals surface area (Å²) in [7, 11) is -2.05. The van der Waals surface area contributed by atoms with Crippen LogP contribution in [0.2, 0.25) is 0 Å². The molecule has 20 heavy (non-hydrogen) atoms. The second-order valence-corrected chi connectivity index (χ2v) is 8.22. The summed E-state index contributed by atoms with van der Waals surface area (Å²) >= 11 is 3.32. The molecule has 0 amide bonds. The lowest BCUT2D eigenvalue weighted by atomic mass is 10.1. The summed E-state index contributed by atoms with van der Waals surface area (Å²) in [4.78, 5) is 0.209. The van der Waals surface area contributed by atoms with E-state index in [9.17, 15) is 8.42 Å². The van der Waals surface area contributed by atoms with Crippen LogP contribution in [0.5, 0.6) is 5.75 Å². The SMILES string of the molecule is COc1ccc(Br)cc1S(=O)(=O)NC(C1CC1)C1CC1. The minimum Gasteiger partial charge on any atom is -0.495 e. The molecule has 2 saturated carbocycles. The van der Waals surface area contributed by atoms with Crippen molar-refractivity contribution < 1.29 is 13.2 Å². The van der Waals surface area contributed by atoms with E-state index in [-0.39, 0.29) is 10.9 Å². The van der Waals surface area contributed by atoms with Gasteiger partial charge in [-0.3, -0.25) is 0 Å². The van der Waals surface area contributed by atoms with Crippen LogP contribution < -0.4 is 9.46 Å². The molecule has 0 spiro atoms. The normalized spacial score (nSPS) is 19.4. The van der Waals surface area contributed by atoms with Crippen LogP contribution in [0.15, 0.2) is 27.6 Å². The Morgan fingerprint density at radius 1 is 1.25 bits per heavy atom. The molecule has 110 valence electrons. The molecular formula is C14H18BrNO3S. The number of benzene rings is 1. The molecule has 0 aliphatic heterocycles. The van der Waals surface area contributed by atoms with E-state index < -0.39 is 10.0 Å². The fraction of sp³-hybridized carbons (Fsp3) is 0.571. The van der Waals surface area contributed by atoms with Crippen LogP contribution in [0.4, 0.5) is 0 Å². The van der Waals surface area contributed by atoms with Crippen molar-refractivity contribution in [2.45, 2.75) is 36.6 Å². The molecule has 1 aromatic carbocycles. The molecule has 6 heteroatoms. The van der Waals surface area contributed by atoms with E-state index >= 15 is 0 Å². The summed E-state index contributed by atoms with van der Waals surface area (Å²) in [6.07, 6.45) is 4.55. The molecule has 0 atom stereocenters. The molecule has 2 aliphatic rings. The molecule has 1 aromatic rings. The Kier molecular flexibility index (Phi) is 3.81. The van der Waals surface area contributed by atoms with E-state index in [2.05, 4.69) is 20.7 Å². The number of nitrogens with one attached hydrogen (secondary N) is 1. The first-order valence-electron chi connectivity index (χ1n) is 6.87. The van der Waals surface area contributed by atoms with Crippen LogP contribution in [0, 0.1) is 11.8 Å². The molecule has 0 saturated heterocycles. The lowest BCUT2D eigenvalue weighted by molar-refractivity contribution is 0.400. The molecule has 0 unspecified atom stereocenters. The van der Waals surface area contributed by atoms with Crippen molar-refractivity contribution in [2.24, 2.45) is 11.8 Å². The van der Waals surface area contributed by atoms with Gasteiger partial charge in [0.2, 0.25) is 10.0 Å². The first-order valence-corrected chi connectivity index (χ1v) is 9.15. The van der Waals surface area contributed by atoms with Gasteiger partial charge in [-0.15, -0.1) is 0 Å². The molecule has 0 heterocycles. The minimum atomic E-state index is -3.54. The fourth-order valence-electron chi connectivity index (χ4n) is 2.59. The smallest absolute Gasteiger partial charge is 0.244 e. The van der Waals surface area contributed by atoms with Crippen LogP contribution in [-0.4, -0.2) is 21.6 Å². The summed E-state index contributed by atoms with van der Waals surface area (Å²) < 4.78 is 34.1. The Hall–Kier alpha value is -0.590. The van der Waals surface area contributed by atoms with Crippen LogP contribution in [0.1, 0.15) is 25.7 Å². The van der Waals surface area contributed by atoms with Gasteiger partial charge in [-0.2, -0.15) is 0 Å². The number of halogens is 1. The zero-order valence-corrected chi connectivity index (χ0v) is 13.7. The highest BCUT2D eigenvalue weighted by Crippen LogP contribution is 2.45. The molecule has 3 rings (SSSR count). The third-order valence-electron chi connectivity index (χ3n) is 3.97. The average Bonchev–Trinajstić information content (AvgIpc) is 3.29. The lowest BCUT2D eigenvalue weighted by Crippen LogP contribution is -2.38. The van der Waals surface area contributed by atoms with Gasteiger partial charge in [0.1, 0.15) is 10.6 Å². The fourth-order valence-corrected chi connectivity index (χ4v) is 4.67. The zero-order valence-electron chi connectivity index (χ0n) is 11.3. The van der Waals surface area contributed by atoms with E-state index in [1.807, 2.05) is 0 Å². The van der Waals surface area contributed by atoms with Gasteiger partial charge in [0.05, 0.1) is 7.11 Å². The van der Waals surface area contributed by atoms with Gasteiger partial charge in [-0.1, -0.05) is 15.9 Å². The number of methoxy groups -OCH3 is 1. The van der Waals surface area contributed by atoms with E-state index in [1.165, 1.54) is 7.11 Å². The second-order valence-electron chi connectivity index (χ2n) is 5.62. The van der Waals surface area contributed by atoms with Crippen LogP contribution in [0.25, 0.3) is 0 Å². The van der Waals surface area contributed by atoms with Gasteiger partial charge in [0, 0.05) is 10.5 Å². The molecule has 2 fully saturated rings. The predicted molar refractivity (Wildman–Crippen MR) is 80.3 cm³/mol. The highest BCUT2D eigenvalue weighted by molar-refractivity contribution is 9.10. The maximum atomic E-state index is 12.6. The Morgan fingerprint density at radius 2 is 1.85 bits per heavy atom. The summed E-state index contributed by atoms with van der Waals surface area (Å²) in [5.41, 5.74) is 0. The van der Waals surface area contributed by atoms with Crippen molar-refractivity contribution in [3.63, 3.8) is 0 Å². The van der Waals surface area contributed by atoms with Crippen molar-refractivity contribution in [1.29, 1.82) is 0 Å². The Morgan fingerprint density at radius 3 is 2.35 bits per heavy atom.